The second-order valence-electron chi connectivity index (χ2n) is 6.95. The molecule has 30 heavy (non-hydrogen) atoms. The summed E-state index contributed by atoms with van der Waals surface area (Å²) < 4.78 is 42.0. The number of aliphatic imine (C=N–C) groups is 1. The summed E-state index contributed by atoms with van der Waals surface area (Å²) in [6.07, 6.45) is 3.86. The summed E-state index contributed by atoms with van der Waals surface area (Å²) in [6.45, 7) is 6.62. The molecule has 2 atom stereocenters. The number of nitrogen functional groups attached to an aromatic ring is 1. The standard InChI is InChI=1S/C20H24F3N7/c1-4-13(16-15(23)10-28-19(25)30-16)9-27-18(24)29-11-20(3,8-12(2)21)17-14(22)6-5-7-26-17/h4-7,9-10,12H,1,8,11H2,2-3H3,(H3,24,27,29)(H2,25,28,30)/b13-9+/t12-,20-/m1/s1. The van der Waals surface area contributed by atoms with E-state index in [1.54, 1.807) is 6.92 Å². The van der Waals surface area contributed by atoms with Crippen molar-refractivity contribution < 1.29 is 13.2 Å². The van der Waals surface area contributed by atoms with Crippen LogP contribution in [0.4, 0.5) is 19.1 Å². The van der Waals surface area contributed by atoms with E-state index in [2.05, 4.69) is 31.8 Å². The van der Waals surface area contributed by atoms with Crippen LogP contribution in [0.3, 0.4) is 0 Å². The summed E-state index contributed by atoms with van der Waals surface area (Å²) in [5.74, 6) is -1.39. The minimum atomic E-state index is -1.21. The normalized spacial score (nSPS) is 15.4. The summed E-state index contributed by atoms with van der Waals surface area (Å²) in [4.78, 5) is 15.6. The number of rotatable bonds is 8. The molecule has 2 aromatic rings. The van der Waals surface area contributed by atoms with Crippen LogP contribution in [0.15, 0.2) is 48.4 Å². The zero-order valence-corrected chi connectivity index (χ0v) is 16.7. The van der Waals surface area contributed by atoms with Crippen molar-refractivity contribution in [2.45, 2.75) is 31.9 Å². The molecule has 0 amide bonds. The van der Waals surface area contributed by atoms with E-state index < -0.39 is 23.2 Å². The molecule has 0 aromatic carbocycles. The van der Waals surface area contributed by atoms with Crippen molar-refractivity contribution in [2.24, 2.45) is 10.7 Å². The Labute approximate surface area is 172 Å². The molecular formula is C20H24F3N7. The highest BCUT2D eigenvalue weighted by Crippen LogP contribution is 2.30. The van der Waals surface area contributed by atoms with E-state index in [1.807, 2.05) is 0 Å². The third kappa shape index (κ3) is 5.79. The Kier molecular flexibility index (Phi) is 7.51. The number of guanidine groups is 1. The van der Waals surface area contributed by atoms with Gasteiger partial charge >= 0.3 is 0 Å². The molecule has 2 aromatic heterocycles. The zero-order chi connectivity index (χ0) is 22.3. The Bertz CT molecular complexity index is 959. The zero-order valence-electron chi connectivity index (χ0n) is 16.7. The Morgan fingerprint density at radius 1 is 1.37 bits per heavy atom. The average Bonchev–Trinajstić information content (AvgIpc) is 2.69. The molecule has 0 saturated heterocycles. The van der Waals surface area contributed by atoms with Crippen LogP contribution >= 0.6 is 0 Å². The van der Waals surface area contributed by atoms with E-state index in [-0.39, 0.29) is 41.8 Å². The molecule has 0 fully saturated rings. The Balaban J connectivity index is 2.24. The fourth-order valence-corrected chi connectivity index (χ4v) is 2.95. The van der Waals surface area contributed by atoms with E-state index in [9.17, 15) is 13.2 Å². The smallest absolute Gasteiger partial charge is 0.220 e. The monoisotopic (exact) mass is 419 g/mol. The molecule has 0 radical (unpaired) electrons. The quantitative estimate of drug-likeness (QED) is 0.344. The molecular weight excluding hydrogens is 395 g/mol. The molecule has 7 nitrogen and oxygen atoms in total. The molecule has 0 aliphatic rings. The van der Waals surface area contributed by atoms with Gasteiger partial charge in [0.2, 0.25) is 5.95 Å². The third-order valence-corrected chi connectivity index (χ3v) is 4.29. The number of hydrogen-bond donors (Lipinski definition) is 3. The van der Waals surface area contributed by atoms with Crippen molar-refractivity contribution in [1.82, 2.24) is 20.3 Å². The summed E-state index contributed by atoms with van der Waals surface area (Å²) >= 11 is 0. The molecule has 0 saturated carbocycles. The minimum absolute atomic E-state index is 0.00309. The number of alkyl halides is 1. The molecule has 0 bridgehead atoms. The lowest BCUT2D eigenvalue weighted by Crippen LogP contribution is -2.34. The lowest BCUT2D eigenvalue weighted by atomic mass is 9.81. The number of pyridine rings is 1. The number of anilines is 1. The van der Waals surface area contributed by atoms with Crippen molar-refractivity contribution in [2.75, 3.05) is 12.3 Å². The Morgan fingerprint density at radius 3 is 2.73 bits per heavy atom. The van der Waals surface area contributed by atoms with Crippen LogP contribution in [0.1, 0.15) is 31.7 Å². The van der Waals surface area contributed by atoms with Gasteiger partial charge in [0, 0.05) is 23.4 Å². The Morgan fingerprint density at radius 2 is 2.10 bits per heavy atom. The molecule has 2 rings (SSSR count). The largest absolute Gasteiger partial charge is 0.370 e. The maximum absolute atomic E-state index is 14.3. The van der Waals surface area contributed by atoms with E-state index in [1.165, 1.54) is 37.5 Å². The fourth-order valence-electron chi connectivity index (χ4n) is 2.95. The maximum atomic E-state index is 14.3. The van der Waals surface area contributed by atoms with E-state index in [0.717, 1.165) is 6.20 Å². The number of allylic oxidation sites excluding steroid dienone is 2. The first kappa shape index (κ1) is 22.9. The second kappa shape index (κ2) is 9.86. The van der Waals surface area contributed by atoms with Gasteiger partial charge in [-0.15, -0.1) is 0 Å². The number of aromatic nitrogens is 3. The highest BCUT2D eigenvalue weighted by molar-refractivity contribution is 5.82. The average molecular weight is 419 g/mol. The van der Waals surface area contributed by atoms with Gasteiger partial charge in [-0.1, -0.05) is 19.6 Å². The number of halogens is 3. The molecule has 2 heterocycles. The SMILES string of the molecule is C=C/C(=C\NC(N)=NC[C@@](C)(C[C@@H](C)F)c1ncccc1F)c1nc(N)ncc1F. The summed E-state index contributed by atoms with van der Waals surface area (Å²) in [6, 6.07) is 2.72. The molecule has 0 aliphatic carbocycles. The predicted molar refractivity (Wildman–Crippen MR) is 111 cm³/mol. The summed E-state index contributed by atoms with van der Waals surface area (Å²) in [5, 5.41) is 2.69. The van der Waals surface area contributed by atoms with Gasteiger partial charge in [0.05, 0.1) is 24.6 Å². The topological polar surface area (TPSA) is 115 Å². The van der Waals surface area contributed by atoms with E-state index >= 15 is 0 Å². The van der Waals surface area contributed by atoms with Gasteiger partial charge in [-0.3, -0.25) is 9.98 Å². The third-order valence-electron chi connectivity index (χ3n) is 4.29. The van der Waals surface area contributed by atoms with Crippen LogP contribution < -0.4 is 16.8 Å². The maximum Gasteiger partial charge on any atom is 0.220 e. The molecule has 10 heteroatoms. The van der Waals surface area contributed by atoms with Gasteiger partial charge in [0.1, 0.15) is 11.5 Å². The van der Waals surface area contributed by atoms with Crippen LogP contribution in [0, 0.1) is 11.6 Å². The van der Waals surface area contributed by atoms with Crippen LogP contribution in [0.25, 0.3) is 5.57 Å². The van der Waals surface area contributed by atoms with Crippen molar-refractivity contribution in [3.05, 3.63) is 66.4 Å². The van der Waals surface area contributed by atoms with Gasteiger partial charge < -0.3 is 16.8 Å². The van der Waals surface area contributed by atoms with Crippen molar-refractivity contribution in [3.8, 4) is 0 Å². The summed E-state index contributed by atoms with van der Waals surface area (Å²) in [5.41, 5.74) is 10.6. The Hall–Kier alpha value is -3.43. The number of nitrogens with one attached hydrogen (secondary N) is 1. The molecule has 5 N–H and O–H groups in total. The highest BCUT2D eigenvalue weighted by Gasteiger charge is 2.33. The van der Waals surface area contributed by atoms with Crippen LogP contribution in [-0.2, 0) is 5.41 Å². The number of hydrogen-bond acceptors (Lipinski definition) is 5. The number of nitrogens with two attached hydrogens (primary N) is 2. The van der Waals surface area contributed by atoms with Crippen LogP contribution in [-0.4, -0.2) is 33.6 Å². The first-order chi connectivity index (χ1) is 14.2. The number of nitrogens with zero attached hydrogens (tertiary/aromatic N) is 4. The first-order valence-electron chi connectivity index (χ1n) is 9.09. The van der Waals surface area contributed by atoms with Gasteiger partial charge in [0.15, 0.2) is 11.8 Å². The lowest BCUT2D eigenvalue weighted by molar-refractivity contribution is 0.264. The van der Waals surface area contributed by atoms with Crippen LogP contribution in [0.5, 0.6) is 0 Å². The predicted octanol–water partition coefficient (Wildman–Crippen LogP) is 2.87. The fraction of sp³-hybridized carbons (Fsp3) is 0.300. The van der Waals surface area contributed by atoms with Gasteiger partial charge in [-0.05, 0) is 25.5 Å². The lowest BCUT2D eigenvalue weighted by Gasteiger charge is -2.28. The highest BCUT2D eigenvalue weighted by atomic mass is 19.1. The molecule has 0 spiro atoms. The van der Waals surface area contributed by atoms with Crippen LogP contribution in [0.2, 0.25) is 0 Å². The molecule has 0 unspecified atom stereocenters. The molecule has 160 valence electrons. The van der Waals surface area contributed by atoms with Gasteiger partial charge in [-0.25, -0.2) is 23.1 Å². The first-order valence-corrected chi connectivity index (χ1v) is 9.09. The minimum Gasteiger partial charge on any atom is -0.370 e. The molecule has 0 aliphatic heterocycles. The van der Waals surface area contributed by atoms with Gasteiger partial charge in [-0.2, -0.15) is 0 Å². The van der Waals surface area contributed by atoms with Crippen molar-refractivity contribution in [1.29, 1.82) is 0 Å². The summed E-state index contributed by atoms with van der Waals surface area (Å²) in [7, 11) is 0. The van der Waals surface area contributed by atoms with Gasteiger partial charge in [0.25, 0.3) is 0 Å². The van der Waals surface area contributed by atoms with E-state index in [0.29, 0.717) is 0 Å². The van der Waals surface area contributed by atoms with E-state index in [4.69, 9.17) is 11.5 Å². The second-order valence-corrected chi connectivity index (χ2v) is 6.95. The van der Waals surface area contributed by atoms with Crippen molar-refractivity contribution >= 4 is 17.5 Å². The van der Waals surface area contributed by atoms with Crippen molar-refractivity contribution in [3.63, 3.8) is 0 Å².